The maximum Gasteiger partial charge on any atom is 0.211 e. The van der Waals surface area contributed by atoms with Crippen molar-refractivity contribution >= 4 is 21.6 Å². The van der Waals surface area contributed by atoms with Crippen LogP contribution in [0.1, 0.15) is 19.8 Å². The van der Waals surface area contributed by atoms with E-state index >= 15 is 0 Å². The van der Waals surface area contributed by atoms with Gasteiger partial charge in [-0.15, -0.1) is 11.6 Å². The Morgan fingerprint density at radius 1 is 1.31 bits per heavy atom. The van der Waals surface area contributed by atoms with E-state index in [0.717, 1.165) is 19.4 Å². The highest BCUT2D eigenvalue weighted by Crippen LogP contribution is 2.02. The molecule has 1 atom stereocenters. The summed E-state index contributed by atoms with van der Waals surface area (Å²) in [5.74, 6) is 0.493. The average Bonchev–Trinajstić information content (AvgIpc) is 2.15. The first kappa shape index (κ1) is 16.2. The molecule has 0 aromatic carbocycles. The fourth-order valence-corrected chi connectivity index (χ4v) is 2.94. The van der Waals surface area contributed by atoms with E-state index in [1.807, 2.05) is 21.0 Å². The first-order valence-corrected chi connectivity index (χ1v) is 7.74. The van der Waals surface area contributed by atoms with Crippen molar-refractivity contribution in [3.05, 3.63) is 0 Å². The highest BCUT2D eigenvalue weighted by atomic mass is 35.5. The summed E-state index contributed by atoms with van der Waals surface area (Å²) in [6.45, 7) is 3.34. The van der Waals surface area contributed by atoms with Crippen LogP contribution in [0, 0.1) is 5.92 Å². The molecule has 1 unspecified atom stereocenters. The van der Waals surface area contributed by atoms with Crippen molar-refractivity contribution in [3.8, 4) is 0 Å². The van der Waals surface area contributed by atoms with Crippen LogP contribution in [0.5, 0.6) is 0 Å². The Labute approximate surface area is 104 Å². The molecule has 0 aromatic heterocycles. The van der Waals surface area contributed by atoms with Gasteiger partial charge in [0.15, 0.2) is 0 Å². The summed E-state index contributed by atoms with van der Waals surface area (Å²) >= 11 is 5.58. The molecule has 0 saturated heterocycles. The third-order valence-electron chi connectivity index (χ3n) is 2.12. The van der Waals surface area contributed by atoms with Crippen LogP contribution in [0.25, 0.3) is 0 Å². The molecule has 0 amide bonds. The molecular formula is C10H23ClN2O2S. The summed E-state index contributed by atoms with van der Waals surface area (Å²) in [6, 6.07) is 0. The number of rotatable bonds is 9. The zero-order valence-corrected chi connectivity index (χ0v) is 11.9. The van der Waals surface area contributed by atoms with E-state index in [1.165, 1.54) is 0 Å². The molecule has 1 N–H and O–H groups in total. The third kappa shape index (κ3) is 9.39. The lowest BCUT2D eigenvalue weighted by atomic mass is 10.3. The standard InChI is InChI=1S/C10H23ClN2O2S/c1-10(8-11)9-16(14,15)12-6-4-5-7-13(2)3/h10,12H,4-9H2,1-3H3. The number of nitrogens with one attached hydrogen (secondary N) is 1. The second-order valence-corrected chi connectivity index (χ2v) is 6.61. The Hall–Kier alpha value is 0.160. The van der Waals surface area contributed by atoms with Crippen LogP contribution < -0.4 is 4.72 Å². The highest BCUT2D eigenvalue weighted by molar-refractivity contribution is 7.89. The fraction of sp³-hybridized carbons (Fsp3) is 1.00. The number of hydrogen-bond donors (Lipinski definition) is 1. The predicted octanol–water partition coefficient (Wildman–Crippen LogP) is 1.12. The smallest absolute Gasteiger partial charge is 0.211 e. The van der Waals surface area contributed by atoms with E-state index in [0.29, 0.717) is 12.4 Å². The molecule has 0 spiro atoms. The van der Waals surface area contributed by atoms with Gasteiger partial charge >= 0.3 is 0 Å². The van der Waals surface area contributed by atoms with Crippen LogP contribution in [0.2, 0.25) is 0 Å². The minimum absolute atomic E-state index is 0.000872. The van der Waals surface area contributed by atoms with Crippen molar-refractivity contribution in [2.24, 2.45) is 5.92 Å². The number of unbranched alkanes of at least 4 members (excludes halogenated alkanes) is 1. The molecule has 4 nitrogen and oxygen atoms in total. The molecule has 0 radical (unpaired) electrons. The van der Waals surface area contributed by atoms with E-state index in [4.69, 9.17) is 11.6 Å². The van der Waals surface area contributed by atoms with Gasteiger partial charge < -0.3 is 4.90 Å². The quantitative estimate of drug-likeness (QED) is 0.505. The van der Waals surface area contributed by atoms with Crippen LogP contribution in [0.15, 0.2) is 0 Å². The van der Waals surface area contributed by atoms with Crippen molar-refractivity contribution in [1.29, 1.82) is 0 Å². The van der Waals surface area contributed by atoms with Crippen molar-refractivity contribution in [2.45, 2.75) is 19.8 Å². The lowest BCUT2D eigenvalue weighted by Crippen LogP contribution is -2.30. The van der Waals surface area contributed by atoms with Crippen molar-refractivity contribution in [2.75, 3.05) is 38.8 Å². The SMILES string of the molecule is CC(CCl)CS(=O)(=O)NCCCCN(C)C. The van der Waals surface area contributed by atoms with E-state index in [-0.39, 0.29) is 11.7 Å². The number of nitrogens with zero attached hydrogens (tertiary/aromatic N) is 1. The number of halogens is 1. The van der Waals surface area contributed by atoms with E-state index < -0.39 is 10.0 Å². The molecule has 0 aliphatic rings. The second-order valence-electron chi connectivity index (χ2n) is 4.45. The van der Waals surface area contributed by atoms with Crippen LogP contribution in [0.3, 0.4) is 0 Å². The molecule has 98 valence electrons. The molecule has 16 heavy (non-hydrogen) atoms. The maximum atomic E-state index is 11.5. The van der Waals surface area contributed by atoms with Crippen LogP contribution >= 0.6 is 11.6 Å². The fourth-order valence-electron chi connectivity index (χ4n) is 1.26. The van der Waals surface area contributed by atoms with E-state index in [9.17, 15) is 8.42 Å². The second kappa shape index (κ2) is 8.28. The normalized spacial score (nSPS) is 14.3. The Morgan fingerprint density at radius 2 is 1.94 bits per heavy atom. The molecule has 6 heteroatoms. The van der Waals surface area contributed by atoms with Gasteiger partial charge in [-0.05, 0) is 39.4 Å². The Kier molecular flexibility index (Phi) is 8.36. The van der Waals surface area contributed by atoms with Crippen LogP contribution in [0.4, 0.5) is 0 Å². The summed E-state index contributed by atoms with van der Waals surface area (Å²) in [4.78, 5) is 2.09. The van der Waals surface area contributed by atoms with Crippen LogP contribution in [-0.4, -0.2) is 52.1 Å². The monoisotopic (exact) mass is 270 g/mol. The molecule has 0 bridgehead atoms. The zero-order chi connectivity index (χ0) is 12.6. The number of alkyl halides is 1. The highest BCUT2D eigenvalue weighted by Gasteiger charge is 2.13. The van der Waals surface area contributed by atoms with Crippen molar-refractivity contribution in [1.82, 2.24) is 9.62 Å². The average molecular weight is 271 g/mol. The molecular weight excluding hydrogens is 248 g/mol. The topological polar surface area (TPSA) is 49.4 Å². The van der Waals surface area contributed by atoms with Gasteiger partial charge in [0, 0.05) is 12.4 Å². The van der Waals surface area contributed by atoms with Crippen molar-refractivity contribution in [3.63, 3.8) is 0 Å². The van der Waals surface area contributed by atoms with E-state index in [1.54, 1.807) is 0 Å². The molecule has 0 fully saturated rings. The van der Waals surface area contributed by atoms with Gasteiger partial charge in [-0.2, -0.15) is 0 Å². The lowest BCUT2D eigenvalue weighted by molar-refractivity contribution is 0.394. The summed E-state index contributed by atoms with van der Waals surface area (Å²) in [5.41, 5.74) is 0. The van der Waals surface area contributed by atoms with Crippen molar-refractivity contribution < 1.29 is 8.42 Å². The molecule has 0 heterocycles. The van der Waals surface area contributed by atoms with E-state index in [2.05, 4.69) is 9.62 Å². The Bertz CT molecular complexity index is 268. The Balaban J connectivity index is 3.67. The molecule has 0 aliphatic heterocycles. The van der Waals surface area contributed by atoms with Gasteiger partial charge in [0.25, 0.3) is 0 Å². The molecule has 0 saturated carbocycles. The number of hydrogen-bond acceptors (Lipinski definition) is 3. The minimum Gasteiger partial charge on any atom is -0.309 e. The first-order valence-electron chi connectivity index (χ1n) is 5.55. The largest absolute Gasteiger partial charge is 0.309 e. The molecule has 0 rings (SSSR count). The third-order valence-corrected chi connectivity index (χ3v) is 4.30. The van der Waals surface area contributed by atoms with Gasteiger partial charge in [-0.25, -0.2) is 13.1 Å². The van der Waals surface area contributed by atoms with Gasteiger partial charge in [0.05, 0.1) is 5.75 Å². The maximum absolute atomic E-state index is 11.5. The van der Waals surface area contributed by atoms with Gasteiger partial charge in [-0.3, -0.25) is 0 Å². The summed E-state index contributed by atoms with van der Waals surface area (Å²) in [6.07, 6.45) is 1.87. The number of sulfonamides is 1. The minimum atomic E-state index is -3.14. The Morgan fingerprint density at radius 3 is 2.44 bits per heavy atom. The predicted molar refractivity (Wildman–Crippen MR) is 69.5 cm³/mol. The van der Waals surface area contributed by atoms with Crippen LogP contribution in [-0.2, 0) is 10.0 Å². The summed E-state index contributed by atoms with van der Waals surface area (Å²) in [5, 5.41) is 0. The summed E-state index contributed by atoms with van der Waals surface area (Å²) in [7, 11) is 0.871. The zero-order valence-electron chi connectivity index (χ0n) is 10.4. The van der Waals surface area contributed by atoms with Gasteiger partial charge in [0.1, 0.15) is 0 Å². The molecule has 0 aromatic rings. The summed E-state index contributed by atoms with van der Waals surface area (Å²) < 4.78 is 25.6. The molecule has 0 aliphatic carbocycles. The van der Waals surface area contributed by atoms with Gasteiger partial charge in [0.2, 0.25) is 10.0 Å². The lowest BCUT2D eigenvalue weighted by Gasteiger charge is -2.11. The first-order chi connectivity index (χ1) is 7.37. The van der Waals surface area contributed by atoms with Gasteiger partial charge in [-0.1, -0.05) is 6.92 Å².